The van der Waals surface area contributed by atoms with Crippen molar-refractivity contribution in [1.82, 2.24) is 5.32 Å². The molecule has 0 saturated carbocycles. The number of carbonyl (C=O) groups is 6. The van der Waals surface area contributed by atoms with Gasteiger partial charge in [-0.2, -0.15) is 0 Å². The van der Waals surface area contributed by atoms with Gasteiger partial charge in [0.25, 0.3) is 0 Å². The van der Waals surface area contributed by atoms with Gasteiger partial charge in [-0.25, -0.2) is 24.0 Å². The summed E-state index contributed by atoms with van der Waals surface area (Å²) in [5.41, 5.74) is 0.338. The first-order valence-electron chi connectivity index (χ1n) is 23.2. The summed E-state index contributed by atoms with van der Waals surface area (Å²) in [4.78, 5) is 79.2. The fourth-order valence-corrected chi connectivity index (χ4v) is 7.54. The average Bonchev–Trinajstić information content (AvgIpc) is 3.32. The lowest BCUT2D eigenvalue weighted by Crippen LogP contribution is -2.68. The van der Waals surface area contributed by atoms with E-state index < -0.39 is 85.8 Å². The van der Waals surface area contributed by atoms with Gasteiger partial charge in [-0.15, -0.1) is 0 Å². The van der Waals surface area contributed by atoms with Crippen LogP contribution in [0, 0.1) is 0 Å². The maximum Gasteiger partial charge on any atom is 0.506 e. The molecule has 7 atom stereocenters. The molecule has 4 rings (SSSR count). The number of nitrogens with one attached hydrogen (secondary N) is 1. The average molecular weight is 932 g/mol. The van der Waals surface area contributed by atoms with Crippen molar-refractivity contribution in [2.24, 2.45) is 0 Å². The molecule has 0 unspecified atom stereocenters. The van der Waals surface area contributed by atoms with Crippen molar-refractivity contribution >= 4 is 36.1 Å². The van der Waals surface area contributed by atoms with E-state index in [9.17, 15) is 39.0 Å². The van der Waals surface area contributed by atoms with Crippen molar-refractivity contribution in [2.45, 2.75) is 147 Å². The zero-order valence-corrected chi connectivity index (χ0v) is 38.6. The Hall–Kier alpha value is -6.26. The first-order valence-corrected chi connectivity index (χ1v) is 23.2. The number of hydrogen-bond acceptors (Lipinski definition) is 13. The SMILES string of the molecule is CCCCCCC=C[C@@H](OC(=O)c1ccccc1)[C@H](CO[C@@]1(C)O[C@H](COC(=O)O)[C@H](OC(=O)O)[C@H](OC(=O)c2ccccc2)[C@H]1OC(=O)c1ccccc1)NC(=O)CCCCCCCCC. The summed E-state index contributed by atoms with van der Waals surface area (Å²) in [6.07, 6.45) is 3.06. The molecule has 3 aromatic rings. The van der Waals surface area contributed by atoms with E-state index in [4.69, 9.17) is 33.2 Å². The van der Waals surface area contributed by atoms with Crippen LogP contribution < -0.4 is 5.32 Å². The van der Waals surface area contributed by atoms with Crippen LogP contribution in [0.5, 0.6) is 0 Å². The predicted molar refractivity (Wildman–Crippen MR) is 245 cm³/mol. The van der Waals surface area contributed by atoms with Crippen LogP contribution in [-0.2, 0) is 38.0 Å². The highest BCUT2D eigenvalue weighted by atomic mass is 16.8. The molecule has 0 radical (unpaired) electrons. The van der Waals surface area contributed by atoms with Crippen LogP contribution in [0.1, 0.15) is 135 Å². The van der Waals surface area contributed by atoms with Crippen LogP contribution in [0.4, 0.5) is 9.59 Å². The third kappa shape index (κ3) is 18.2. The van der Waals surface area contributed by atoms with Crippen molar-refractivity contribution in [3.8, 4) is 0 Å². The summed E-state index contributed by atoms with van der Waals surface area (Å²) in [5.74, 6) is -5.25. The molecule has 1 saturated heterocycles. The maximum atomic E-state index is 13.9. The number of benzene rings is 3. The number of allylic oxidation sites excluding steroid dienone is 1. The Balaban J connectivity index is 1.79. The number of amides is 1. The van der Waals surface area contributed by atoms with Crippen LogP contribution in [0.15, 0.2) is 103 Å². The van der Waals surface area contributed by atoms with Crippen molar-refractivity contribution < 1.29 is 72.1 Å². The monoisotopic (exact) mass is 931 g/mol. The Kier molecular flexibility index (Phi) is 22.9. The van der Waals surface area contributed by atoms with Crippen molar-refractivity contribution in [2.75, 3.05) is 13.2 Å². The van der Waals surface area contributed by atoms with Gasteiger partial charge in [-0.1, -0.05) is 132 Å². The largest absolute Gasteiger partial charge is 0.506 e. The maximum absolute atomic E-state index is 13.9. The Morgan fingerprint density at radius 1 is 0.657 bits per heavy atom. The second-order valence-electron chi connectivity index (χ2n) is 16.4. The second kappa shape index (κ2) is 28.7. The summed E-state index contributed by atoms with van der Waals surface area (Å²) in [6.45, 7) is 4.19. The summed E-state index contributed by atoms with van der Waals surface area (Å²) in [7, 11) is 0. The first kappa shape index (κ1) is 53.4. The number of carbonyl (C=O) groups excluding carboxylic acids is 4. The van der Waals surface area contributed by atoms with Gasteiger partial charge in [-0.3, -0.25) is 4.79 Å². The van der Waals surface area contributed by atoms with Gasteiger partial charge in [0.1, 0.15) is 18.8 Å². The first-order chi connectivity index (χ1) is 32.3. The van der Waals surface area contributed by atoms with Gasteiger partial charge in [0.2, 0.25) is 11.7 Å². The fraction of sp³-hybridized carbons (Fsp3) is 0.490. The summed E-state index contributed by atoms with van der Waals surface area (Å²) in [5, 5.41) is 22.4. The molecular weight excluding hydrogens is 867 g/mol. The quantitative estimate of drug-likeness (QED) is 0.0267. The van der Waals surface area contributed by atoms with Crippen LogP contribution in [-0.4, -0.2) is 102 Å². The van der Waals surface area contributed by atoms with E-state index in [1.165, 1.54) is 31.2 Å². The highest BCUT2D eigenvalue weighted by molar-refractivity contribution is 5.91. The molecule has 3 N–H and O–H groups in total. The third-order valence-corrected chi connectivity index (χ3v) is 11.1. The van der Waals surface area contributed by atoms with Crippen molar-refractivity contribution in [3.63, 3.8) is 0 Å². The molecule has 1 heterocycles. The Morgan fingerprint density at radius 3 is 1.73 bits per heavy atom. The predicted octanol–water partition coefficient (Wildman–Crippen LogP) is 9.70. The van der Waals surface area contributed by atoms with E-state index in [1.807, 2.05) is 6.08 Å². The standard InChI is InChI=1S/C51H65NO15/c1-4-6-8-10-12-14-25-33-42(53)52-39(40(32-24-13-11-9-7-5-2)63-46(54)36-26-18-15-19-27-36)34-62-51(3)45(66-48(56)38-30-22-17-23-31-38)44(64-47(55)37-28-20-16-21-29-37)43(65-50(59)60)41(67-51)35-61-49(57)58/h15-24,26-32,39-41,43-45H,4-14,25,33-35H2,1-3H3,(H,52,53)(H,57,58)(H,59,60)/t39-,40+,41+,43-,44-,45+,51-/m0/s1. The Morgan fingerprint density at radius 2 is 1.18 bits per heavy atom. The van der Waals surface area contributed by atoms with Crippen molar-refractivity contribution in [1.29, 1.82) is 0 Å². The highest BCUT2D eigenvalue weighted by Crippen LogP contribution is 2.38. The molecule has 1 fully saturated rings. The minimum Gasteiger partial charge on any atom is -0.452 e. The number of unbranched alkanes of at least 4 members (excludes halogenated alkanes) is 10. The third-order valence-electron chi connectivity index (χ3n) is 11.1. The van der Waals surface area contributed by atoms with Gasteiger partial charge in [0, 0.05) is 6.42 Å². The molecule has 364 valence electrons. The Labute approximate surface area is 392 Å². The molecule has 16 heteroatoms. The van der Waals surface area contributed by atoms with Gasteiger partial charge in [0.05, 0.1) is 29.3 Å². The van der Waals surface area contributed by atoms with Crippen LogP contribution in [0.3, 0.4) is 0 Å². The number of hydrogen-bond donors (Lipinski definition) is 3. The van der Waals surface area contributed by atoms with Crippen LogP contribution >= 0.6 is 0 Å². The molecule has 16 nitrogen and oxygen atoms in total. The van der Waals surface area contributed by atoms with E-state index in [0.29, 0.717) is 12.8 Å². The molecular formula is C51H65NO15. The zero-order chi connectivity index (χ0) is 48.4. The lowest BCUT2D eigenvalue weighted by atomic mass is 9.92. The van der Waals surface area contributed by atoms with E-state index in [-0.39, 0.29) is 29.0 Å². The van der Waals surface area contributed by atoms with E-state index in [0.717, 1.165) is 64.2 Å². The molecule has 67 heavy (non-hydrogen) atoms. The van der Waals surface area contributed by atoms with E-state index in [1.54, 1.807) is 72.8 Å². The molecule has 0 aliphatic carbocycles. The number of esters is 3. The van der Waals surface area contributed by atoms with E-state index >= 15 is 0 Å². The number of ether oxygens (including phenoxy) is 7. The fourth-order valence-electron chi connectivity index (χ4n) is 7.54. The van der Waals surface area contributed by atoms with Gasteiger partial charge < -0.3 is 48.7 Å². The van der Waals surface area contributed by atoms with Crippen LogP contribution in [0.25, 0.3) is 0 Å². The van der Waals surface area contributed by atoms with Gasteiger partial charge in [0.15, 0.2) is 18.3 Å². The second-order valence-corrected chi connectivity index (χ2v) is 16.4. The summed E-state index contributed by atoms with van der Waals surface area (Å²) in [6, 6.07) is 22.6. The summed E-state index contributed by atoms with van der Waals surface area (Å²) >= 11 is 0. The van der Waals surface area contributed by atoms with Gasteiger partial charge >= 0.3 is 30.2 Å². The van der Waals surface area contributed by atoms with E-state index in [2.05, 4.69) is 19.2 Å². The minimum atomic E-state index is -2.25. The molecule has 0 bridgehead atoms. The smallest absolute Gasteiger partial charge is 0.452 e. The summed E-state index contributed by atoms with van der Waals surface area (Å²) < 4.78 is 41.1. The number of rotatable bonds is 28. The molecule has 3 aromatic carbocycles. The molecule has 1 amide bonds. The van der Waals surface area contributed by atoms with Crippen molar-refractivity contribution in [3.05, 3.63) is 120 Å². The molecule has 0 spiro atoms. The zero-order valence-electron chi connectivity index (χ0n) is 38.6. The molecule has 1 aliphatic rings. The Bertz CT molecular complexity index is 2010. The minimum absolute atomic E-state index is 0.0328. The lowest BCUT2D eigenvalue weighted by Gasteiger charge is -2.49. The lowest BCUT2D eigenvalue weighted by molar-refractivity contribution is -0.355. The highest BCUT2D eigenvalue weighted by Gasteiger charge is 2.60. The van der Waals surface area contributed by atoms with Crippen LogP contribution in [0.2, 0.25) is 0 Å². The molecule has 1 aliphatic heterocycles. The normalized spacial score (nSPS) is 19.9. The topological polar surface area (TPSA) is 220 Å². The number of carboxylic acid groups (broad SMARTS) is 2. The van der Waals surface area contributed by atoms with Gasteiger partial charge in [-0.05, 0) is 68.7 Å². The molecule has 0 aromatic heterocycles.